The van der Waals surface area contributed by atoms with Crippen molar-refractivity contribution in [2.75, 3.05) is 0 Å². The highest BCUT2D eigenvalue weighted by Crippen LogP contribution is 1.93. The van der Waals surface area contributed by atoms with Crippen molar-refractivity contribution < 1.29 is 24.6 Å². The summed E-state index contributed by atoms with van der Waals surface area (Å²) < 4.78 is 0. The van der Waals surface area contributed by atoms with Crippen LogP contribution in [0.1, 0.15) is 12.2 Å². The number of urea groups is 1. The highest BCUT2D eigenvalue weighted by Gasteiger charge is 2.22. The van der Waals surface area contributed by atoms with Gasteiger partial charge in [-0.1, -0.05) is 0 Å². The lowest BCUT2D eigenvalue weighted by Gasteiger charge is -2.12. The van der Waals surface area contributed by atoms with Crippen LogP contribution in [0.25, 0.3) is 0 Å². The Hall–Kier alpha value is -2.65. The molecule has 0 saturated heterocycles. The van der Waals surface area contributed by atoms with Crippen LogP contribution in [0.15, 0.2) is 6.33 Å². The van der Waals surface area contributed by atoms with E-state index in [9.17, 15) is 14.4 Å². The molecule has 0 radical (unpaired) electrons. The van der Waals surface area contributed by atoms with Crippen molar-refractivity contribution in [3.8, 4) is 0 Å². The second-order valence-corrected chi connectivity index (χ2v) is 3.25. The van der Waals surface area contributed by atoms with Gasteiger partial charge in [0.25, 0.3) is 0 Å². The van der Waals surface area contributed by atoms with Gasteiger partial charge in [0.15, 0.2) is 0 Å². The fourth-order valence-electron chi connectivity index (χ4n) is 1.06. The summed E-state index contributed by atoms with van der Waals surface area (Å²) in [6.45, 7) is 0.0191. The first-order valence-electron chi connectivity index (χ1n) is 4.82. The van der Waals surface area contributed by atoms with E-state index in [1.54, 1.807) is 0 Å². The molecule has 10 heteroatoms. The molecule has 0 aliphatic heterocycles. The molecule has 2 amide bonds. The quantitative estimate of drug-likeness (QED) is 0.416. The highest BCUT2D eigenvalue weighted by molar-refractivity contribution is 5.86. The summed E-state index contributed by atoms with van der Waals surface area (Å²) in [4.78, 5) is 36.1. The zero-order valence-electron chi connectivity index (χ0n) is 9.08. The number of hydrogen-bond donors (Lipinski definition) is 5. The highest BCUT2D eigenvalue weighted by atomic mass is 16.4. The number of carbonyl (C=O) groups is 3. The zero-order chi connectivity index (χ0) is 13.5. The number of carboxylic acid groups (broad SMARTS) is 2. The monoisotopic (exact) mass is 257 g/mol. The Morgan fingerprint density at radius 2 is 2.11 bits per heavy atom. The molecule has 0 unspecified atom stereocenters. The number of H-pyrrole nitrogens is 1. The van der Waals surface area contributed by atoms with Gasteiger partial charge in [0.1, 0.15) is 18.2 Å². The maximum absolute atomic E-state index is 11.3. The molecule has 10 nitrogen and oxygen atoms in total. The van der Waals surface area contributed by atoms with Crippen LogP contribution in [-0.2, 0) is 16.1 Å². The van der Waals surface area contributed by atoms with Gasteiger partial charge < -0.3 is 20.8 Å². The van der Waals surface area contributed by atoms with Crippen molar-refractivity contribution >= 4 is 18.0 Å². The Bertz CT molecular complexity index is 431. The molecule has 0 fully saturated rings. The number of aromatic nitrogens is 3. The molecule has 0 bridgehead atoms. The summed E-state index contributed by atoms with van der Waals surface area (Å²) in [6.07, 6.45) is 0.546. The first-order chi connectivity index (χ1) is 8.49. The van der Waals surface area contributed by atoms with Gasteiger partial charge >= 0.3 is 18.0 Å². The van der Waals surface area contributed by atoms with E-state index in [1.807, 2.05) is 5.32 Å². The molecule has 1 aromatic rings. The molecule has 0 aliphatic carbocycles. The van der Waals surface area contributed by atoms with Gasteiger partial charge in [-0.15, -0.1) is 0 Å². The van der Waals surface area contributed by atoms with Crippen molar-refractivity contribution in [1.82, 2.24) is 25.8 Å². The summed E-state index contributed by atoms with van der Waals surface area (Å²) in [5.41, 5.74) is 0. The Kier molecular flexibility index (Phi) is 4.60. The number of aliphatic carboxylic acids is 2. The van der Waals surface area contributed by atoms with E-state index in [2.05, 4.69) is 20.5 Å². The lowest BCUT2D eigenvalue weighted by atomic mass is 10.2. The molecular formula is C8H11N5O5. The molecule has 18 heavy (non-hydrogen) atoms. The number of hydrogen-bond acceptors (Lipinski definition) is 5. The third-order valence-electron chi connectivity index (χ3n) is 1.86. The maximum Gasteiger partial charge on any atom is 0.326 e. The van der Waals surface area contributed by atoms with E-state index >= 15 is 0 Å². The summed E-state index contributed by atoms with van der Waals surface area (Å²) >= 11 is 0. The topological polar surface area (TPSA) is 157 Å². The lowest BCUT2D eigenvalue weighted by molar-refractivity contribution is -0.145. The van der Waals surface area contributed by atoms with E-state index in [0.29, 0.717) is 5.82 Å². The standard InChI is InChI=1S/C8H11N5O5/c14-6(15)1-4(7(16)17)12-8(18)9-2-5-10-3-11-13-5/h3-4H,1-2H2,(H,14,15)(H,16,17)(H2,9,12,18)(H,10,11,13)/t4-/m0/s1. The van der Waals surface area contributed by atoms with Gasteiger partial charge in [-0.25, -0.2) is 14.6 Å². The van der Waals surface area contributed by atoms with Gasteiger partial charge in [-0.3, -0.25) is 9.89 Å². The fourth-order valence-corrected chi connectivity index (χ4v) is 1.06. The van der Waals surface area contributed by atoms with Crippen LogP contribution in [0.3, 0.4) is 0 Å². The Balaban J connectivity index is 2.41. The Morgan fingerprint density at radius 1 is 1.39 bits per heavy atom. The predicted octanol–water partition coefficient (Wildman–Crippen LogP) is -1.47. The molecule has 0 aromatic carbocycles. The van der Waals surface area contributed by atoms with Crippen LogP contribution in [0, 0.1) is 0 Å². The molecule has 1 rings (SSSR count). The third kappa shape index (κ3) is 4.47. The second-order valence-electron chi connectivity index (χ2n) is 3.25. The van der Waals surface area contributed by atoms with Gasteiger partial charge in [0.2, 0.25) is 0 Å². The number of carbonyl (C=O) groups excluding carboxylic acids is 1. The minimum atomic E-state index is -1.49. The molecule has 0 saturated carbocycles. The average molecular weight is 257 g/mol. The Labute approximate surface area is 100 Å². The van der Waals surface area contributed by atoms with E-state index < -0.39 is 30.4 Å². The van der Waals surface area contributed by atoms with Gasteiger partial charge in [0.05, 0.1) is 13.0 Å². The van der Waals surface area contributed by atoms with Gasteiger partial charge in [-0.05, 0) is 0 Å². The second kappa shape index (κ2) is 6.18. The van der Waals surface area contributed by atoms with E-state index in [4.69, 9.17) is 10.2 Å². The molecule has 1 aromatic heterocycles. The average Bonchev–Trinajstić information content (AvgIpc) is 2.77. The van der Waals surface area contributed by atoms with Crippen LogP contribution in [0.5, 0.6) is 0 Å². The molecular weight excluding hydrogens is 246 g/mol. The molecule has 5 N–H and O–H groups in total. The molecule has 0 aliphatic rings. The lowest BCUT2D eigenvalue weighted by Crippen LogP contribution is -2.46. The number of amides is 2. The molecule has 1 atom stereocenters. The summed E-state index contributed by atoms with van der Waals surface area (Å²) in [5.74, 6) is -2.36. The van der Waals surface area contributed by atoms with Crippen LogP contribution in [-0.4, -0.2) is 49.4 Å². The third-order valence-corrected chi connectivity index (χ3v) is 1.86. The largest absolute Gasteiger partial charge is 0.481 e. The van der Waals surface area contributed by atoms with Crippen LogP contribution < -0.4 is 10.6 Å². The molecule has 0 spiro atoms. The van der Waals surface area contributed by atoms with Crippen molar-refractivity contribution in [2.45, 2.75) is 19.0 Å². The van der Waals surface area contributed by atoms with Gasteiger partial charge in [0, 0.05) is 0 Å². The summed E-state index contributed by atoms with van der Waals surface area (Å²) in [7, 11) is 0. The first-order valence-corrected chi connectivity index (χ1v) is 4.82. The molecule has 1 heterocycles. The van der Waals surface area contributed by atoms with Crippen molar-refractivity contribution in [3.63, 3.8) is 0 Å². The van der Waals surface area contributed by atoms with Crippen molar-refractivity contribution in [3.05, 3.63) is 12.2 Å². The maximum atomic E-state index is 11.3. The van der Waals surface area contributed by atoms with E-state index in [0.717, 1.165) is 0 Å². The van der Waals surface area contributed by atoms with E-state index in [-0.39, 0.29) is 6.54 Å². The number of nitrogens with one attached hydrogen (secondary N) is 3. The zero-order valence-corrected chi connectivity index (χ0v) is 9.08. The number of rotatable bonds is 6. The first kappa shape index (κ1) is 13.4. The predicted molar refractivity (Wildman–Crippen MR) is 55.4 cm³/mol. The van der Waals surface area contributed by atoms with Crippen LogP contribution >= 0.6 is 0 Å². The van der Waals surface area contributed by atoms with Crippen molar-refractivity contribution in [2.24, 2.45) is 0 Å². The SMILES string of the molecule is O=C(O)C[C@H](NC(=O)NCc1ncn[nH]1)C(=O)O. The Morgan fingerprint density at radius 3 is 2.61 bits per heavy atom. The minimum Gasteiger partial charge on any atom is -0.481 e. The van der Waals surface area contributed by atoms with Crippen molar-refractivity contribution in [1.29, 1.82) is 0 Å². The van der Waals surface area contributed by atoms with Crippen LogP contribution in [0.2, 0.25) is 0 Å². The summed E-state index contributed by atoms with van der Waals surface area (Å²) in [5, 5.41) is 27.5. The van der Waals surface area contributed by atoms with E-state index in [1.165, 1.54) is 6.33 Å². The number of aromatic amines is 1. The molecule has 98 valence electrons. The fraction of sp³-hybridized carbons (Fsp3) is 0.375. The number of carboxylic acids is 2. The normalized spacial score (nSPS) is 11.6. The smallest absolute Gasteiger partial charge is 0.326 e. The van der Waals surface area contributed by atoms with Crippen LogP contribution in [0.4, 0.5) is 4.79 Å². The number of nitrogens with zero attached hydrogens (tertiary/aromatic N) is 2. The van der Waals surface area contributed by atoms with Gasteiger partial charge in [-0.2, -0.15) is 5.10 Å². The summed E-state index contributed by atoms with van der Waals surface area (Å²) in [6, 6.07) is -2.29. The minimum absolute atomic E-state index is 0.0191.